The average molecular weight is 470 g/mol. The highest BCUT2D eigenvalue weighted by atomic mass is 32.1. The van der Waals surface area contributed by atoms with E-state index in [2.05, 4.69) is 18.1 Å². The minimum atomic E-state index is -4.85. The molecule has 0 radical (unpaired) electrons. The lowest BCUT2D eigenvalue weighted by Gasteiger charge is -2.18. The first-order valence-corrected chi connectivity index (χ1v) is 11.0. The molecule has 0 aromatic carbocycles. The smallest absolute Gasteiger partial charge is 0.387 e. The minimum Gasteiger partial charge on any atom is -0.387 e. The van der Waals surface area contributed by atoms with Gasteiger partial charge in [-0.2, -0.15) is 4.39 Å². The molecule has 7 atom stereocenters. The Balaban J connectivity index is 2.01. The molecule has 0 aliphatic carbocycles. The van der Waals surface area contributed by atoms with Crippen LogP contribution in [0.15, 0.2) is 0 Å². The zero-order chi connectivity index (χ0) is 20.4. The third kappa shape index (κ3) is 5.87. The molecule has 0 bridgehead atoms. The second-order valence-corrected chi connectivity index (χ2v) is 9.10. The predicted octanol–water partition coefficient (Wildman–Crippen LogP) is -0.587. The number of halogens is 1. The molecule has 2 heterocycles. The summed E-state index contributed by atoms with van der Waals surface area (Å²) in [7, 11) is -8.93. The Morgan fingerprint density at radius 3 is 2.70 bits per heavy atom. The number of nitrogens with two attached hydrogens (primary N) is 1. The van der Waals surface area contributed by atoms with Crippen LogP contribution in [0.2, 0.25) is 0 Å². The van der Waals surface area contributed by atoms with Crippen LogP contribution >= 0.6 is 36.8 Å². The van der Waals surface area contributed by atoms with Crippen molar-refractivity contribution in [3.8, 4) is 0 Å². The standard InChI is InChI=1S/C9H14FN2O11P3S/c10-7-3(8(11)15)12-9(27-7)6-5(14)4(13)2(21-6)1-20-26(18,19)23-25(17)22-24-16/h2,4-6,13-14,16-17,24H,1H2,(H2,11,15)(H,18,19)/t2-,4-,5-,6-,25?/m1/s1. The van der Waals surface area contributed by atoms with Crippen molar-refractivity contribution in [2.75, 3.05) is 6.61 Å². The number of aliphatic hydroxyl groups excluding tert-OH is 2. The molecule has 0 spiro atoms. The highest BCUT2D eigenvalue weighted by Gasteiger charge is 2.46. The maximum atomic E-state index is 13.6. The van der Waals surface area contributed by atoms with Gasteiger partial charge in [-0.05, 0) is 0 Å². The molecule has 1 fully saturated rings. The Bertz CT molecular complexity index is 725. The van der Waals surface area contributed by atoms with Crippen LogP contribution < -0.4 is 5.73 Å². The van der Waals surface area contributed by atoms with E-state index >= 15 is 0 Å². The molecule has 7 N–H and O–H groups in total. The lowest BCUT2D eigenvalue weighted by molar-refractivity contribution is -0.0220. The largest absolute Gasteiger partial charge is 0.479 e. The van der Waals surface area contributed by atoms with Crippen LogP contribution in [-0.4, -0.2) is 60.7 Å². The second-order valence-electron chi connectivity index (χ2n) is 4.88. The predicted molar refractivity (Wildman–Crippen MR) is 87.8 cm³/mol. The summed E-state index contributed by atoms with van der Waals surface area (Å²) in [6, 6.07) is 0. The number of ether oxygens (including phenoxy) is 1. The summed E-state index contributed by atoms with van der Waals surface area (Å²) in [5.74, 6) is -1.13. The summed E-state index contributed by atoms with van der Waals surface area (Å²) in [4.78, 5) is 41.6. The lowest BCUT2D eigenvalue weighted by Crippen LogP contribution is -2.33. The molecule has 1 saturated heterocycles. The quantitative estimate of drug-likeness (QED) is 0.250. The van der Waals surface area contributed by atoms with Gasteiger partial charge in [0.05, 0.1) is 6.61 Å². The van der Waals surface area contributed by atoms with Gasteiger partial charge in [0, 0.05) is 0 Å². The second kappa shape index (κ2) is 9.51. The number of aromatic nitrogens is 1. The first-order valence-electron chi connectivity index (χ1n) is 6.75. The summed E-state index contributed by atoms with van der Waals surface area (Å²) < 4.78 is 43.4. The molecule has 1 amide bonds. The van der Waals surface area contributed by atoms with Gasteiger partial charge in [-0.15, -0.1) is 0 Å². The van der Waals surface area contributed by atoms with Crippen LogP contribution in [-0.2, 0) is 22.4 Å². The van der Waals surface area contributed by atoms with Gasteiger partial charge in [-0.1, -0.05) is 11.3 Å². The minimum absolute atomic E-state index is 0.185. The van der Waals surface area contributed by atoms with Crippen molar-refractivity contribution >= 4 is 42.7 Å². The number of nitrogens with zero attached hydrogens (tertiary/aromatic N) is 1. The highest BCUT2D eigenvalue weighted by molar-refractivity contribution is 7.60. The topological polar surface area (TPSA) is 211 Å². The molecular weight excluding hydrogens is 456 g/mol. The number of phosphoric ester groups is 1. The van der Waals surface area contributed by atoms with Gasteiger partial charge in [0.15, 0.2) is 14.7 Å². The maximum Gasteiger partial charge on any atom is 0.479 e. The van der Waals surface area contributed by atoms with Gasteiger partial charge in [-0.25, -0.2) is 13.9 Å². The van der Waals surface area contributed by atoms with Crippen molar-refractivity contribution in [2.45, 2.75) is 24.4 Å². The Morgan fingerprint density at radius 1 is 1.48 bits per heavy atom. The number of amides is 1. The number of phosphoric acid groups is 1. The van der Waals surface area contributed by atoms with E-state index in [9.17, 15) is 28.9 Å². The number of carbonyl (C=O) groups excluding carboxylic acids is 1. The fourth-order valence-corrected chi connectivity index (χ4v) is 4.83. The van der Waals surface area contributed by atoms with Crippen molar-refractivity contribution < 1.29 is 56.5 Å². The molecule has 154 valence electrons. The zero-order valence-corrected chi connectivity index (χ0v) is 16.5. The van der Waals surface area contributed by atoms with Gasteiger partial charge in [0.25, 0.3) is 5.91 Å². The van der Waals surface area contributed by atoms with Crippen LogP contribution in [0, 0.1) is 5.13 Å². The molecule has 27 heavy (non-hydrogen) atoms. The van der Waals surface area contributed by atoms with Gasteiger partial charge < -0.3 is 35.4 Å². The van der Waals surface area contributed by atoms with E-state index in [4.69, 9.17) is 20.3 Å². The van der Waals surface area contributed by atoms with E-state index < -0.39 is 73.2 Å². The first-order chi connectivity index (χ1) is 12.6. The number of primary amides is 1. The number of hydrogen-bond donors (Lipinski definition) is 6. The summed E-state index contributed by atoms with van der Waals surface area (Å²) >= 11 is 0.371. The Hall–Kier alpha value is -0.240. The Labute approximate surface area is 157 Å². The SMILES string of the molecule is NC(=O)c1nc([C@@H]2O[C@H](COP(=O)(O)OP(O)OPO)[C@@H](O)[C@H]2O)sc1F. The van der Waals surface area contributed by atoms with Crippen LogP contribution in [0.1, 0.15) is 21.6 Å². The Morgan fingerprint density at radius 2 is 2.15 bits per heavy atom. The van der Waals surface area contributed by atoms with E-state index in [1.54, 1.807) is 0 Å². The molecule has 18 heteroatoms. The lowest BCUT2D eigenvalue weighted by atomic mass is 10.1. The van der Waals surface area contributed by atoms with Crippen LogP contribution in [0.25, 0.3) is 0 Å². The zero-order valence-electron chi connectivity index (χ0n) is 12.9. The van der Waals surface area contributed by atoms with Crippen molar-refractivity contribution in [1.29, 1.82) is 0 Å². The highest BCUT2D eigenvalue weighted by Crippen LogP contribution is 2.57. The molecule has 1 aromatic heterocycles. The number of thiazole rings is 1. The molecule has 1 aromatic rings. The summed E-state index contributed by atoms with van der Waals surface area (Å²) in [6.45, 7) is -0.774. The monoisotopic (exact) mass is 470 g/mol. The van der Waals surface area contributed by atoms with Crippen molar-refractivity contribution in [2.24, 2.45) is 5.73 Å². The van der Waals surface area contributed by atoms with Crippen molar-refractivity contribution in [1.82, 2.24) is 4.98 Å². The van der Waals surface area contributed by atoms with Crippen molar-refractivity contribution in [3.63, 3.8) is 0 Å². The van der Waals surface area contributed by atoms with Crippen LogP contribution in [0.3, 0.4) is 0 Å². The number of hydrogen-bond acceptors (Lipinski definition) is 12. The number of aliphatic hydroxyl groups is 2. The van der Waals surface area contributed by atoms with Gasteiger partial charge in [0.2, 0.25) is 5.13 Å². The first kappa shape index (κ1) is 23.0. The van der Waals surface area contributed by atoms with E-state index in [1.165, 1.54) is 0 Å². The van der Waals surface area contributed by atoms with Crippen molar-refractivity contribution in [3.05, 3.63) is 15.8 Å². The van der Waals surface area contributed by atoms with E-state index in [1.807, 2.05) is 0 Å². The maximum absolute atomic E-state index is 13.6. The van der Waals surface area contributed by atoms with Gasteiger partial charge in [0.1, 0.15) is 29.4 Å². The van der Waals surface area contributed by atoms with Gasteiger partial charge >= 0.3 is 16.4 Å². The van der Waals surface area contributed by atoms with E-state index in [0.717, 1.165) is 0 Å². The Kier molecular flexibility index (Phi) is 8.11. The normalized spacial score (nSPS) is 29.3. The molecule has 3 unspecified atom stereocenters. The molecule has 1 aliphatic heterocycles. The molecule has 2 rings (SSSR count). The van der Waals surface area contributed by atoms with E-state index in [0.29, 0.717) is 11.3 Å². The average Bonchev–Trinajstić information content (AvgIpc) is 3.07. The fraction of sp³-hybridized carbons (Fsp3) is 0.556. The summed E-state index contributed by atoms with van der Waals surface area (Å²) in [5, 5.41) is 18.8. The number of carbonyl (C=O) groups is 1. The molecule has 0 saturated carbocycles. The third-order valence-corrected chi connectivity index (χ3v) is 6.85. The fourth-order valence-electron chi connectivity index (χ4n) is 2.01. The van der Waals surface area contributed by atoms with E-state index in [-0.39, 0.29) is 5.01 Å². The van der Waals surface area contributed by atoms with Crippen LogP contribution in [0.4, 0.5) is 4.39 Å². The third-order valence-electron chi connectivity index (χ3n) is 3.14. The summed E-state index contributed by atoms with van der Waals surface area (Å²) in [5.41, 5.74) is 4.29. The van der Waals surface area contributed by atoms with Crippen LogP contribution in [0.5, 0.6) is 0 Å². The van der Waals surface area contributed by atoms with Gasteiger partial charge in [-0.3, -0.25) is 13.6 Å². The molecule has 13 nitrogen and oxygen atoms in total. The number of rotatable bonds is 9. The summed E-state index contributed by atoms with van der Waals surface area (Å²) in [6.07, 6.45) is -5.94. The molecular formula is C9H14FN2O11P3S. The molecule has 1 aliphatic rings.